The van der Waals surface area contributed by atoms with E-state index in [2.05, 4.69) is 22.0 Å². The third-order valence-corrected chi connectivity index (χ3v) is 5.55. The van der Waals surface area contributed by atoms with Gasteiger partial charge < -0.3 is 14.2 Å². The van der Waals surface area contributed by atoms with Crippen molar-refractivity contribution in [3.05, 3.63) is 39.8 Å². The third kappa shape index (κ3) is 3.54. The Bertz CT molecular complexity index is 792. The van der Waals surface area contributed by atoms with E-state index in [-0.39, 0.29) is 5.97 Å². The molecular weight excluding hydrogens is 352 g/mol. The number of aromatic nitrogens is 1. The molecule has 2 aliphatic heterocycles. The highest BCUT2D eigenvalue weighted by Gasteiger charge is 2.28. The fourth-order valence-electron chi connectivity index (χ4n) is 3.53. The molecule has 7 heteroatoms. The summed E-state index contributed by atoms with van der Waals surface area (Å²) in [5, 5.41) is 2.38. The van der Waals surface area contributed by atoms with Gasteiger partial charge in [0.2, 0.25) is 5.01 Å². The van der Waals surface area contributed by atoms with Gasteiger partial charge in [-0.2, -0.15) is 0 Å². The molecule has 0 bridgehead atoms. The lowest BCUT2D eigenvalue weighted by atomic mass is 10.0. The van der Waals surface area contributed by atoms with Crippen LogP contribution in [0.25, 0.3) is 0 Å². The van der Waals surface area contributed by atoms with Crippen molar-refractivity contribution in [2.45, 2.75) is 32.4 Å². The molecule has 0 saturated carbocycles. The number of benzene rings is 1. The normalized spacial score (nSPS) is 19.5. The van der Waals surface area contributed by atoms with Gasteiger partial charge in [0.15, 0.2) is 11.5 Å². The number of nitrogens with zero attached hydrogens (tertiary/aromatic N) is 2. The number of hydrogen-bond donors (Lipinski definition) is 0. The van der Waals surface area contributed by atoms with Gasteiger partial charge in [0.25, 0.3) is 0 Å². The first kappa shape index (κ1) is 17.3. The Morgan fingerprint density at radius 1 is 1.35 bits per heavy atom. The highest BCUT2D eigenvalue weighted by Crippen LogP contribution is 2.38. The summed E-state index contributed by atoms with van der Waals surface area (Å²) in [6.45, 7) is 5.12. The number of ether oxygens (including phenoxy) is 3. The summed E-state index contributed by atoms with van der Waals surface area (Å²) in [5.74, 6) is 1.32. The summed E-state index contributed by atoms with van der Waals surface area (Å²) in [7, 11) is 0. The summed E-state index contributed by atoms with van der Waals surface area (Å²) in [4.78, 5) is 18.7. The van der Waals surface area contributed by atoms with Crippen molar-refractivity contribution >= 4 is 17.3 Å². The first-order valence-electron chi connectivity index (χ1n) is 8.99. The number of esters is 1. The van der Waals surface area contributed by atoms with E-state index in [1.54, 1.807) is 6.92 Å². The first-order valence-corrected chi connectivity index (χ1v) is 9.87. The zero-order valence-electron chi connectivity index (χ0n) is 14.8. The highest BCUT2D eigenvalue weighted by molar-refractivity contribution is 7.11. The van der Waals surface area contributed by atoms with Crippen LogP contribution in [0.3, 0.4) is 0 Å². The van der Waals surface area contributed by atoms with E-state index < -0.39 is 0 Å². The molecule has 6 nitrogen and oxygen atoms in total. The van der Waals surface area contributed by atoms with Gasteiger partial charge in [0, 0.05) is 18.0 Å². The maximum Gasteiger partial charge on any atom is 0.367 e. The van der Waals surface area contributed by atoms with E-state index in [4.69, 9.17) is 14.2 Å². The van der Waals surface area contributed by atoms with Crippen molar-refractivity contribution in [1.29, 1.82) is 0 Å². The molecule has 2 aliphatic rings. The summed E-state index contributed by atoms with van der Waals surface area (Å²) in [5.41, 5.74) is 2.16. The molecule has 1 unspecified atom stereocenters. The predicted molar refractivity (Wildman–Crippen MR) is 97.9 cm³/mol. The Kier molecular flexibility index (Phi) is 5.08. The summed E-state index contributed by atoms with van der Waals surface area (Å²) < 4.78 is 16.4. The minimum atomic E-state index is -0.339. The maximum atomic E-state index is 11.8. The predicted octanol–water partition coefficient (Wildman–Crippen LogP) is 3.43. The van der Waals surface area contributed by atoms with E-state index >= 15 is 0 Å². The minimum absolute atomic E-state index is 0.332. The topological polar surface area (TPSA) is 60.9 Å². The van der Waals surface area contributed by atoms with Gasteiger partial charge in [-0.1, -0.05) is 6.07 Å². The Morgan fingerprint density at radius 3 is 3.04 bits per heavy atom. The molecule has 26 heavy (non-hydrogen) atoms. The first-order chi connectivity index (χ1) is 12.7. The zero-order chi connectivity index (χ0) is 17.9. The number of likely N-dealkylation sites (tertiary alicyclic amines) is 1. The molecule has 1 fully saturated rings. The van der Waals surface area contributed by atoms with E-state index in [1.165, 1.54) is 16.9 Å². The molecule has 2 aromatic rings. The number of thiazole rings is 1. The van der Waals surface area contributed by atoms with Gasteiger partial charge in [0.05, 0.1) is 12.3 Å². The van der Waals surface area contributed by atoms with Gasteiger partial charge in [-0.3, -0.25) is 4.90 Å². The SMILES string of the molecule is CCOC(=O)c1nc(CN2CCCC2c2ccc3c(c2)OCCO3)cs1. The Hall–Kier alpha value is -2.12. The zero-order valence-corrected chi connectivity index (χ0v) is 15.6. The Morgan fingerprint density at radius 2 is 2.19 bits per heavy atom. The largest absolute Gasteiger partial charge is 0.486 e. The molecule has 3 heterocycles. The molecule has 1 saturated heterocycles. The maximum absolute atomic E-state index is 11.8. The molecule has 1 atom stereocenters. The van der Waals surface area contributed by atoms with Crippen molar-refractivity contribution in [3.8, 4) is 11.5 Å². The number of rotatable bonds is 5. The molecule has 0 N–H and O–H groups in total. The summed E-state index contributed by atoms with van der Waals surface area (Å²) >= 11 is 1.35. The lowest BCUT2D eigenvalue weighted by Gasteiger charge is -2.26. The Balaban J connectivity index is 1.48. The third-order valence-electron chi connectivity index (χ3n) is 4.68. The van der Waals surface area contributed by atoms with Crippen LogP contribution in [0.4, 0.5) is 0 Å². The molecule has 0 spiro atoms. The van der Waals surface area contributed by atoms with Crippen LogP contribution in [0.2, 0.25) is 0 Å². The molecule has 138 valence electrons. The molecular formula is C19H22N2O4S. The Labute approximate surface area is 156 Å². The second-order valence-electron chi connectivity index (χ2n) is 6.40. The summed E-state index contributed by atoms with van der Waals surface area (Å²) in [6.07, 6.45) is 2.25. The van der Waals surface area contributed by atoms with Gasteiger partial charge in [0.1, 0.15) is 13.2 Å². The average Bonchev–Trinajstić information content (AvgIpc) is 3.31. The van der Waals surface area contributed by atoms with Crippen LogP contribution in [-0.4, -0.2) is 42.2 Å². The fourth-order valence-corrected chi connectivity index (χ4v) is 4.23. The quantitative estimate of drug-likeness (QED) is 0.748. The van der Waals surface area contributed by atoms with Crippen LogP contribution < -0.4 is 9.47 Å². The summed E-state index contributed by atoms with van der Waals surface area (Å²) in [6, 6.07) is 6.56. The van der Waals surface area contributed by atoms with E-state index in [1.807, 2.05) is 11.4 Å². The number of carbonyl (C=O) groups excluding carboxylic acids is 1. The van der Waals surface area contributed by atoms with Gasteiger partial charge >= 0.3 is 5.97 Å². The molecule has 1 aromatic heterocycles. The molecule has 0 radical (unpaired) electrons. The van der Waals surface area contributed by atoms with Crippen molar-refractivity contribution < 1.29 is 19.0 Å². The van der Waals surface area contributed by atoms with E-state index in [0.29, 0.717) is 30.9 Å². The van der Waals surface area contributed by atoms with Crippen LogP contribution in [0.5, 0.6) is 11.5 Å². The number of carbonyl (C=O) groups is 1. The molecule has 0 aliphatic carbocycles. The second kappa shape index (κ2) is 7.63. The van der Waals surface area contributed by atoms with Crippen molar-refractivity contribution in [2.75, 3.05) is 26.4 Å². The monoisotopic (exact) mass is 374 g/mol. The molecule has 0 amide bonds. The van der Waals surface area contributed by atoms with Gasteiger partial charge in [-0.15, -0.1) is 11.3 Å². The van der Waals surface area contributed by atoms with Gasteiger partial charge in [-0.25, -0.2) is 9.78 Å². The van der Waals surface area contributed by atoms with Crippen LogP contribution in [0.1, 0.15) is 46.9 Å². The van der Waals surface area contributed by atoms with Crippen LogP contribution >= 0.6 is 11.3 Å². The number of fused-ring (bicyclic) bond motifs is 1. The van der Waals surface area contributed by atoms with Crippen molar-refractivity contribution in [3.63, 3.8) is 0 Å². The lowest BCUT2D eigenvalue weighted by molar-refractivity contribution is 0.0525. The van der Waals surface area contributed by atoms with Crippen LogP contribution in [0, 0.1) is 0 Å². The lowest BCUT2D eigenvalue weighted by Crippen LogP contribution is -2.23. The van der Waals surface area contributed by atoms with Crippen LogP contribution in [-0.2, 0) is 11.3 Å². The molecule has 4 rings (SSSR count). The van der Waals surface area contributed by atoms with Crippen LogP contribution in [0.15, 0.2) is 23.6 Å². The van der Waals surface area contributed by atoms with Gasteiger partial charge in [-0.05, 0) is 44.0 Å². The second-order valence-corrected chi connectivity index (χ2v) is 7.25. The number of hydrogen-bond acceptors (Lipinski definition) is 7. The van der Waals surface area contributed by atoms with Crippen molar-refractivity contribution in [2.24, 2.45) is 0 Å². The van der Waals surface area contributed by atoms with Crippen molar-refractivity contribution in [1.82, 2.24) is 9.88 Å². The molecule has 1 aromatic carbocycles. The smallest absolute Gasteiger partial charge is 0.367 e. The minimum Gasteiger partial charge on any atom is -0.486 e. The average molecular weight is 374 g/mol. The standard InChI is InChI=1S/C19H22N2O4S/c1-2-23-19(22)18-20-14(12-26-18)11-21-7-3-4-15(21)13-5-6-16-17(10-13)25-9-8-24-16/h5-6,10,12,15H,2-4,7-9,11H2,1H3. The van der Waals surface area contributed by atoms with E-state index in [9.17, 15) is 4.79 Å². The highest BCUT2D eigenvalue weighted by atomic mass is 32.1. The van der Waals surface area contributed by atoms with E-state index in [0.717, 1.165) is 43.1 Å². The fraction of sp³-hybridized carbons (Fsp3) is 0.474.